The summed E-state index contributed by atoms with van der Waals surface area (Å²) >= 11 is 0. The molecule has 6 aliphatic rings. The second-order valence-electron chi connectivity index (χ2n) is 44.4. The van der Waals surface area contributed by atoms with Crippen molar-refractivity contribution in [3.63, 3.8) is 0 Å². The lowest BCUT2D eigenvalue weighted by Crippen LogP contribution is -2.32. The number of allylic oxidation sites excluding steroid dienone is 1. The number of pyridine rings is 3. The molecule has 0 amide bonds. The average molecular weight is 2010 g/mol. The van der Waals surface area contributed by atoms with E-state index in [0.717, 1.165) is 141 Å². The average Bonchev–Trinajstić information content (AvgIpc) is 1.65. The number of anilines is 6. The van der Waals surface area contributed by atoms with Gasteiger partial charge in [-0.05, 0) is 294 Å². The molecule has 6 fully saturated rings. The molecule has 36 heteroatoms. The second kappa shape index (κ2) is 41.1. The second-order valence-corrected chi connectivity index (χ2v) is 44.4. The van der Waals surface area contributed by atoms with Crippen molar-refractivity contribution < 1.29 is 48.8 Å². The van der Waals surface area contributed by atoms with Gasteiger partial charge in [0.25, 0.3) is 0 Å². The molecule has 11 aromatic heterocycles. The van der Waals surface area contributed by atoms with Gasteiger partial charge >= 0.3 is 18.5 Å². The number of hydrogen-bond acceptors (Lipinski definition) is 23. The fourth-order valence-corrected chi connectivity index (χ4v) is 18.8. The molecule has 0 unspecified atom stereocenters. The van der Waals surface area contributed by atoms with Gasteiger partial charge in [-0.1, -0.05) is 40.0 Å². The number of fused-ring (bicyclic) bond motifs is 3. The highest BCUT2D eigenvalue weighted by molar-refractivity contribution is 6.04. The molecule has 27 nitrogen and oxygen atoms in total. The van der Waals surface area contributed by atoms with Crippen LogP contribution in [0.15, 0.2) is 151 Å². The Labute approximate surface area is 845 Å². The number of nitrogens with zero attached hydrogens (tertiary/aromatic N) is 24. The van der Waals surface area contributed by atoms with E-state index >= 15 is 0 Å². The van der Waals surface area contributed by atoms with E-state index in [-0.39, 0.29) is 48.6 Å². The van der Waals surface area contributed by atoms with Gasteiger partial charge in [-0.25, -0.2) is 58.9 Å². The third kappa shape index (κ3) is 25.4. The highest BCUT2D eigenvalue weighted by atomic mass is 19.4. The zero-order chi connectivity index (χ0) is 104. The van der Waals surface area contributed by atoms with E-state index in [0.29, 0.717) is 117 Å². The van der Waals surface area contributed by atoms with Gasteiger partial charge in [0.05, 0.1) is 61.6 Å². The predicted molar refractivity (Wildman–Crippen MR) is 549 cm³/mol. The molecule has 6 aliphatic carbocycles. The maximum atomic E-state index is 13.9. The van der Waals surface area contributed by atoms with Crippen molar-refractivity contribution in [3.8, 4) is 22.5 Å². The van der Waals surface area contributed by atoms with E-state index in [1.165, 1.54) is 132 Å². The normalized spacial score (nSPS) is 15.3. The van der Waals surface area contributed by atoms with Crippen LogP contribution in [-0.4, -0.2) is 154 Å². The molecule has 0 aliphatic heterocycles. The lowest BCUT2D eigenvalue weighted by atomic mass is 10.1. The molecule has 3 aromatic carbocycles. The van der Waals surface area contributed by atoms with Crippen molar-refractivity contribution >= 4 is 74.2 Å². The first-order chi connectivity index (χ1) is 69.2. The minimum Gasteiger partial charge on any atom is -0.383 e. The number of aryl methyl sites for hydroxylation is 6. The Kier molecular flexibility index (Phi) is 28.9. The monoisotopic (exact) mass is 2000 g/mol. The summed E-state index contributed by atoms with van der Waals surface area (Å²) in [6, 6.07) is 22.6. The van der Waals surface area contributed by atoms with Crippen molar-refractivity contribution in [3.05, 3.63) is 236 Å². The number of halogens is 9. The van der Waals surface area contributed by atoms with E-state index in [9.17, 15) is 44.3 Å². The summed E-state index contributed by atoms with van der Waals surface area (Å²) < 4.78 is 136. The molecular formula is C110H130F9N25O2. The van der Waals surface area contributed by atoms with E-state index in [1.54, 1.807) is 87.1 Å². The molecule has 1 N–H and O–H groups in total. The van der Waals surface area contributed by atoms with Crippen molar-refractivity contribution in [2.24, 2.45) is 35.5 Å². The van der Waals surface area contributed by atoms with Crippen LogP contribution in [-0.2, 0) is 74.4 Å². The minimum atomic E-state index is -4.48. The maximum absolute atomic E-state index is 13.9. The third-order valence-electron chi connectivity index (χ3n) is 27.3. The van der Waals surface area contributed by atoms with Gasteiger partial charge in [0, 0.05) is 198 Å². The number of benzene rings is 3. The Balaban J connectivity index is 0.000000144. The lowest BCUT2D eigenvalue weighted by Gasteiger charge is -2.30. The molecule has 0 saturated heterocycles. The van der Waals surface area contributed by atoms with Crippen LogP contribution in [0.1, 0.15) is 234 Å². The van der Waals surface area contributed by atoms with E-state index < -0.39 is 35.2 Å². The summed E-state index contributed by atoms with van der Waals surface area (Å²) in [6.07, 6.45) is 17.1. The van der Waals surface area contributed by atoms with Crippen LogP contribution in [0.2, 0.25) is 0 Å². The SMILES string of the molecule is Cc1cc(CN(Cc2cc3c(C)nn(C(C)(C)C)c3nc2N(CC2CC2)CC2CC2)c2ncc(-c3ccn[nH]3)cn2)cc(C(F)(F)F)c1.Cc1cc(CN(Cc2cc3c(C)nn(C(C)(C)C)c3nc2N(CC2CC2)CC2CC2)c2ncc(-c3ccon3)cn2)cc(C(F)(F)F)c1.Cc1cc(CN(Cc2cc3c(C)nn(C(C)(C)C)c3nc2N(CC2CC2)CC2CC2)c2ncc(C(=O)/C=C/N(C)C)cn2)cc(C(F)(F)F)c1. The van der Waals surface area contributed by atoms with Gasteiger partial charge < -0.3 is 38.8 Å². The molecular weight excluding hydrogens is 1870 g/mol. The summed E-state index contributed by atoms with van der Waals surface area (Å²) in [5, 5.41) is 28.5. The highest BCUT2D eigenvalue weighted by Crippen LogP contribution is 2.46. The Morgan fingerprint density at radius 3 is 0.973 bits per heavy atom. The van der Waals surface area contributed by atoms with Crippen LogP contribution in [0.3, 0.4) is 0 Å². The van der Waals surface area contributed by atoms with E-state index in [1.807, 2.05) is 69.7 Å². The largest absolute Gasteiger partial charge is 0.416 e. The number of alkyl halides is 9. The number of nitrogens with one attached hydrogen (secondary N) is 1. The number of rotatable bonds is 35. The first kappa shape index (κ1) is 103. The molecule has 0 atom stereocenters. The Bertz CT molecular complexity index is 6690. The van der Waals surface area contributed by atoms with Gasteiger partial charge in [0.2, 0.25) is 17.8 Å². The Hall–Kier alpha value is -13.4. The number of aromatic nitrogens is 18. The summed E-state index contributed by atoms with van der Waals surface area (Å²) in [4.78, 5) is 71.8. The maximum Gasteiger partial charge on any atom is 0.416 e. The van der Waals surface area contributed by atoms with Crippen molar-refractivity contribution in [2.45, 2.75) is 255 Å². The van der Waals surface area contributed by atoms with Crippen molar-refractivity contribution in [2.75, 3.05) is 82.8 Å². The Morgan fingerprint density at radius 2 is 0.705 bits per heavy atom. The first-order valence-corrected chi connectivity index (χ1v) is 50.7. The fourth-order valence-electron chi connectivity index (χ4n) is 18.8. The number of hydrogen-bond donors (Lipinski definition) is 1. The standard InChI is InChI=1S/C38H47F3N8O.C36H42F3N9.C36H41F3N8O/c1-24-14-28(16-31(15-24)38(39,40)41)22-48(36-42-18-30(19-43-36)33(50)12-13-46(6)7)23-29-17-32-25(2)45-49(37(3,4)5)35(32)44-34(29)47(20-26-8-9-26)21-27-10-11-27;1-22-12-26(14-29(13-22)36(37,38)39)20-47(34-40-16-28(17-41-34)31-10-11-42-44-31)21-27-15-30-23(2)45-48(35(3,4)5)33(30)43-32(27)46(18-24-6-7-24)19-25-8-9-25;1-22-12-26(14-29(13-22)36(37,38)39)20-46(34-40-16-28(17-41-34)31-10-11-48-44-31)21-27-15-30-23(2)43-47(35(3,4)5)33(30)42-32(27)45(18-24-6-7-24)19-25-8-9-25/h12-19,26-27H,8-11,20-23H2,1-7H3;10-17,24-25H,6-9,18-21H2,1-5H3,(H,42,44);10-17,24-25H,6-9,18-21H2,1-5H3/b13-12+;;. The number of carbonyl (C=O) groups excluding carboxylic acids is 1. The first-order valence-electron chi connectivity index (χ1n) is 50.7. The van der Waals surface area contributed by atoms with Crippen LogP contribution >= 0.6 is 0 Å². The zero-order valence-corrected chi connectivity index (χ0v) is 86.2. The van der Waals surface area contributed by atoms with Gasteiger partial charge in [-0.3, -0.25) is 9.89 Å². The van der Waals surface area contributed by atoms with Crippen molar-refractivity contribution in [1.29, 1.82) is 0 Å². The summed E-state index contributed by atoms with van der Waals surface area (Å²) in [7, 11) is 3.65. The van der Waals surface area contributed by atoms with Crippen LogP contribution in [0.5, 0.6) is 0 Å². The molecule has 6 saturated carbocycles. The van der Waals surface area contributed by atoms with Crippen LogP contribution in [0.4, 0.5) is 74.8 Å². The molecule has 0 spiro atoms. The number of aromatic amines is 1. The van der Waals surface area contributed by atoms with Crippen LogP contribution in [0, 0.1) is 77.0 Å². The quantitative estimate of drug-likeness (QED) is 0.0220. The number of carbonyl (C=O) groups is 1. The van der Waals surface area contributed by atoms with Crippen molar-refractivity contribution in [1.82, 2.24) is 94.5 Å². The van der Waals surface area contributed by atoms with Crippen LogP contribution < -0.4 is 29.4 Å². The Morgan fingerprint density at radius 1 is 0.397 bits per heavy atom. The van der Waals surface area contributed by atoms with E-state index in [4.69, 9.17) is 44.7 Å². The summed E-state index contributed by atoms with van der Waals surface area (Å²) in [5.41, 5.74) is 11.4. The molecule has 770 valence electrons. The zero-order valence-electron chi connectivity index (χ0n) is 86.2. The summed E-state index contributed by atoms with van der Waals surface area (Å²) in [5.74, 6) is 7.34. The van der Waals surface area contributed by atoms with Gasteiger partial charge in [0.1, 0.15) is 29.4 Å². The third-order valence-corrected chi connectivity index (χ3v) is 27.3. The highest BCUT2D eigenvalue weighted by Gasteiger charge is 2.41. The minimum absolute atomic E-state index is 0.113. The number of ketones is 1. The molecule has 0 radical (unpaired) electrons. The molecule has 146 heavy (non-hydrogen) atoms. The molecule has 14 aromatic rings. The smallest absolute Gasteiger partial charge is 0.383 e. The fraction of sp³-hybridized carbons (Fsp3) is 0.482. The molecule has 20 rings (SSSR count). The van der Waals surface area contributed by atoms with E-state index in [2.05, 4.69) is 131 Å². The summed E-state index contributed by atoms with van der Waals surface area (Å²) in [6.45, 7) is 37.1. The predicted octanol–water partition coefficient (Wildman–Crippen LogP) is 23.6. The van der Waals surface area contributed by atoms with Gasteiger partial charge in [-0.2, -0.15) is 59.9 Å². The molecule has 0 bridgehead atoms. The van der Waals surface area contributed by atoms with Gasteiger partial charge in [0.15, 0.2) is 22.7 Å². The van der Waals surface area contributed by atoms with Crippen LogP contribution in [0.25, 0.3) is 55.6 Å². The topological polar surface area (TPSA) is 264 Å². The van der Waals surface area contributed by atoms with Gasteiger partial charge in [-0.15, -0.1) is 0 Å². The lowest BCUT2D eigenvalue weighted by molar-refractivity contribution is -0.138. The number of H-pyrrole nitrogens is 1. The molecule has 11 heterocycles.